The summed E-state index contributed by atoms with van der Waals surface area (Å²) in [6.07, 6.45) is 2.38. The van der Waals surface area contributed by atoms with Crippen molar-refractivity contribution in [2.24, 2.45) is 0 Å². The maximum atomic E-state index is 14.8. The first kappa shape index (κ1) is 19.5. The second-order valence-electron chi connectivity index (χ2n) is 4.95. The van der Waals surface area contributed by atoms with Gasteiger partial charge in [0.05, 0.1) is 10.5 Å². The molecule has 3 aromatic heterocycles. The Bertz CT molecular complexity index is 973. The number of rotatable bonds is 5. The summed E-state index contributed by atoms with van der Waals surface area (Å²) >= 11 is 1.20. The molecule has 3 rings (SSSR count). The lowest BCUT2D eigenvalue weighted by Gasteiger charge is -2.09. The van der Waals surface area contributed by atoms with Crippen molar-refractivity contribution >= 4 is 33.8 Å². The van der Waals surface area contributed by atoms with E-state index in [0.29, 0.717) is 0 Å². The fraction of sp³-hybridized carbons (Fsp3) is 0.133. The van der Waals surface area contributed by atoms with Gasteiger partial charge in [0.2, 0.25) is 5.95 Å². The molecular formula is C15H14ClF2N3O2S2. The van der Waals surface area contributed by atoms with Gasteiger partial charge in [-0.05, 0) is 30.6 Å². The third-order valence-electron chi connectivity index (χ3n) is 3.42. The monoisotopic (exact) mass is 405 g/mol. The Kier molecular flexibility index (Phi) is 5.94. The number of nitrogens with one attached hydrogen (secondary N) is 1. The zero-order valence-electron chi connectivity index (χ0n) is 12.9. The maximum absolute atomic E-state index is 14.8. The summed E-state index contributed by atoms with van der Waals surface area (Å²) in [6, 6.07) is 4.13. The van der Waals surface area contributed by atoms with Gasteiger partial charge in [0.1, 0.15) is 5.69 Å². The highest BCUT2D eigenvalue weighted by atomic mass is 35.5. The number of thiophene rings is 1. The Morgan fingerprint density at radius 1 is 1.32 bits per heavy atom. The quantitative estimate of drug-likeness (QED) is 0.662. The summed E-state index contributed by atoms with van der Waals surface area (Å²) in [5.74, 6) is -1.73. The zero-order valence-corrected chi connectivity index (χ0v) is 15.4. The topological polar surface area (TPSA) is 64.0 Å². The van der Waals surface area contributed by atoms with Crippen LogP contribution in [0.1, 0.15) is 5.56 Å². The predicted molar refractivity (Wildman–Crippen MR) is 94.5 cm³/mol. The van der Waals surface area contributed by atoms with Crippen LogP contribution in [-0.2, 0) is 16.6 Å². The molecule has 0 atom stereocenters. The van der Waals surface area contributed by atoms with Crippen LogP contribution in [0.15, 0.2) is 46.2 Å². The van der Waals surface area contributed by atoms with Gasteiger partial charge in [-0.1, -0.05) is 0 Å². The molecule has 3 aromatic rings. The van der Waals surface area contributed by atoms with E-state index in [2.05, 4.69) is 10.3 Å². The number of pyridine rings is 1. The summed E-state index contributed by atoms with van der Waals surface area (Å²) < 4.78 is 55.3. The minimum absolute atomic E-state index is 0. The minimum atomic E-state index is -4.05. The Morgan fingerprint density at radius 2 is 2.08 bits per heavy atom. The van der Waals surface area contributed by atoms with Gasteiger partial charge in [-0.15, -0.1) is 12.4 Å². The third-order valence-corrected chi connectivity index (χ3v) is 5.90. The molecule has 0 fully saturated rings. The van der Waals surface area contributed by atoms with Crippen molar-refractivity contribution in [2.75, 3.05) is 7.05 Å². The number of nitrogens with zero attached hydrogens (tertiary/aromatic N) is 2. The van der Waals surface area contributed by atoms with Crippen molar-refractivity contribution in [1.82, 2.24) is 14.3 Å². The highest BCUT2D eigenvalue weighted by molar-refractivity contribution is 7.90. The normalized spacial score (nSPS) is 11.3. The van der Waals surface area contributed by atoms with Crippen molar-refractivity contribution in [3.8, 4) is 11.3 Å². The van der Waals surface area contributed by atoms with Crippen LogP contribution in [-0.4, -0.2) is 24.4 Å². The van der Waals surface area contributed by atoms with Crippen LogP contribution in [0.3, 0.4) is 0 Å². The molecule has 25 heavy (non-hydrogen) atoms. The molecule has 0 aliphatic rings. The Morgan fingerprint density at radius 3 is 2.68 bits per heavy atom. The summed E-state index contributed by atoms with van der Waals surface area (Å²) in [7, 11) is -2.44. The molecule has 134 valence electrons. The van der Waals surface area contributed by atoms with Crippen LogP contribution in [0.2, 0.25) is 0 Å². The molecule has 0 radical (unpaired) electrons. The van der Waals surface area contributed by atoms with Gasteiger partial charge in [-0.2, -0.15) is 15.7 Å². The molecule has 0 saturated heterocycles. The molecule has 1 N–H and O–H groups in total. The molecule has 0 aliphatic heterocycles. The van der Waals surface area contributed by atoms with Crippen LogP contribution < -0.4 is 5.32 Å². The van der Waals surface area contributed by atoms with E-state index in [4.69, 9.17) is 0 Å². The van der Waals surface area contributed by atoms with Crippen LogP contribution in [0, 0.1) is 11.8 Å². The summed E-state index contributed by atoms with van der Waals surface area (Å²) in [5, 5.41) is 5.80. The Hall–Kier alpha value is -1.81. The van der Waals surface area contributed by atoms with Crippen molar-refractivity contribution in [2.45, 2.75) is 11.4 Å². The second-order valence-corrected chi connectivity index (χ2v) is 7.54. The largest absolute Gasteiger partial charge is 0.316 e. The van der Waals surface area contributed by atoms with Gasteiger partial charge >= 0.3 is 0 Å². The maximum Gasteiger partial charge on any atom is 0.269 e. The molecule has 5 nitrogen and oxygen atoms in total. The molecule has 0 spiro atoms. The summed E-state index contributed by atoms with van der Waals surface area (Å²) in [5.41, 5.74) is -0.456. The van der Waals surface area contributed by atoms with E-state index in [-0.39, 0.29) is 40.7 Å². The van der Waals surface area contributed by atoms with Crippen LogP contribution in [0.5, 0.6) is 0 Å². The smallest absolute Gasteiger partial charge is 0.269 e. The summed E-state index contributed by atoms with van der Waals surface area (Å²) in [4.78, 5) is 3.50. The zero-order chi connectivity index (χ0) is 17.3. The lowest BCUT2D eigenvalue weighted by Crippen LogP contribution is -2.13. The first-order valence-electron chi connectivity index (χ1n) is 6.89. The highest BCUT2D eigenvalue weighted by Gasteiger charge is 2.28. The number of hydrogen-bond acceptors (Lipinski definition) is 5. The standard InChI is InChI=1S/C15H13F2N3O2S2.ClH/c1-18-7-10-8-20(24(21,22)11-4-6-23-9-11)14(13(10)16)12-3-2-5-19-15(12)17;/h2-6,8-9,18H,7H2,1H3;1H. The SMILES string of the molecule is CNCc1cn(S(=O)(=O)c2ccsc2)c(-c2cccnc2F)c1F.Cl. The second kappa shape index (κ2) is 7.61. The molecule has 10 heteroatoms. The lowest BCUT2D eigenvalue weighted by atomic mass is 10.2. The van der Waals surface area contributed by atoms with E-state index in [9.17, 15) is 17.2 Å². The molecule has 0 amide bonds. The van der Waals surface area contributed by atoms with Crippen LogP contribution in [0.4, 0.5) is 8.78 Å². The fourth-order valence-electron chi connectivity index (χ4n) is 2.33. The van der Waals surface area contributed by atoms with E-state index in [1.165, 1.54) is 47.3 Å². The van der Waals surface area contributed by atoms with Crippen LogP contribution in [0.25, 0.3) is 11.3 Å². The Labute approximate surface area is 153 Å². The average molecular weight is 406 g/mol. The molecule has 0 saturated carbocycles. The van der Waals surface area contributed by atoms with Crippen molar-refractivity contribution in [1.29, 1.82) is 0 Å². The van der Waals surface area contributed by atoms with Crippen molar-refractivity contribution in [3.05, 3.63) is 58.7 Å². The molecule has 0 aliphatic carbocycles. The van der Waals surface area contributed by atoms with Gasteiger partial charge in [0, 0.05) is 29.9 Å². The van der Waals surface area contributed by atoms with Gasteiger partial charge in [0.25, 0.3) is 10.0 Å². The highest BCUT2D eigenvalue weighted by Crippen LogP contribution is 2.32. The van der Waals surface area contributed by atoms with E-state index in [0.717, 1.165) is 3.97 Å². The fourth-order valence-corrected chi connectivity index (χ4v) is 4.73. The van der Waals surface area contributed by atoms with E-state index < -0.39 is 21.8 Å². The van der Waals surface area contributed by atoms with Crippen molar-refractivity contribution in [3.63, 3.8) is 0 Å². The van der Waals surface area contributed by atoms with Crippen molar-refractivity contribution < 1.29 is 17.2 Å². The number of hydrogen-bond donors (Lipinski definition) is 1. The van der Waals surface area contributed by atoms with Crippen LogP contribution >= 0.6 is 23.7 Å². The van der Waals surface area contributed by atoms with Gasteiger partial charge < -0.3 is 5.32 Å². The molecule has 3 heterocycles. The molecular weight excluding hydrogens is 392 g/mol. The first-order valence-corrected chi connectivity index (χ1v) is 9.28. The third kappa shape index (κ3) is 3.45. The minimum Gasteiger partial charge on any atom is -0.316 e. The lowest BCUT2D eigenvalue weighted by molar-refractivity contribution is 0.575. The van der Waals surface area contributed by atoms with Gasteiger partial charge in [-0.25, -0.2) is 21.8 Å². The van der Waals surface area contributed by atoms with Gasteiger partial charge in [-0.3, -0.25) is 0 Å². The predicted octanol–water partition coefficient (Wildman–Crippen LogP) is 3.27. The molecule has 0 bridgehead atoms. The molecule has 0 unspecified atom stereocenters. The summed E-state index contributed by atoms with van der Waals surface area (Å²) in [6.45, 7) is 0.104. The number of aromatic nitrogens is 2. The first-order chi connectivity index (χ1) is 11.5. The van der Waals surface area contributed by atoms with E-state index in [1.807, 2.05) is 0 Å². The Balaban J connectivity index is 0.00000225. The van der Waals surface area contributed by atoms with E-state index in [1.54, 1.807) is 12.4 Å². The van der Waals surface area contributed by atoms with E-state index >= 15 is 0 Å². The van der Waals surface area contributed by atoms with Gasteiger partial charge in [0.15, 0.2) is 5.82 Å². The molecule has 0 aromatic carbocycles. The average Bonchev–Trinajstić information content (AvgIpc) is 3.19. The number of halogens is 3.